The van der Waals surface area contributed by atoms with Gasteiger partial charge in [0.1, 0.15) is 5.75 Å². The number of amides is 3. The number of nitrogens with one attached hydrogen (secondary N) is 2. The molecule has 0 aliphatic heterocycles. The van der Waals surface area contributed by atoms with E-state index in [1.807, 2.05) is 43.1 Å². The van der Waals surface area contributed by atoms with Gasteiger partial charge in [0.25, 0.3) is 0 Å². The fourth-order valence-corrected chi connectivity index (χ4v) is 6.19. The van der Waals surface area contributed by atoms with E-state index in [9.17, 15) is 9.59 Å². The molecule has 1 atom stereocenters. The maximum Gasteiger partial charge on any atom is 0.321 e. The van der Waals surface area contributed by atoms with Crippen LogP contribution in [0.15, 0.2) is 24.3 Å². The summed E-state index contributed by atoms with van der Waals surface area (Å²) >= 11 is 0. The number of ether oxygens (including phenoxy) is 1. The van der Waals surface area contributed by atoms with E-state index >= 15 is 0 Å². The van der Waals surface area contributed by atoms with Crippen molar-refractivity contribution in [2.75, 3.05) is 14.2 Å². The number of para-hydroxylation sites is 1. The molecule has 0 radical (unpaired) electrons. The van der Waals surface area contributed by atoms with Crippen LogP contribution in [0, 0.1) is 17.8 Å². The maximum atomic E-state index is 12.7. The molecule has 4 aliphatic carbocycles. The third kappa shape index (κ3) is 4.27. The van der Waals surface area contributed by atoms with E-state index in [1.165, 1.54) is 19.3 Å². The van der Waals surface area contributed by atoms with Crippen molar-refractivity contribution in [1.82, 2.24) is 15.5 Å². The quantitative estimate of drug-likeness (QED) is 0.770. The summed E-state index contributed by atoms with van der Waals surface area (Å²) in [5.74, 6) is 2.78. The molecule has 1 aromatic rings. The van der Waals surface area contributed by atoms with Crippen LogP contribution in [-0.4, -0.2) is 42.6 Å². The van der Waals surface area contributed by atoms with Crippen LogP contribution in [0.25, 0.3) is 0 Å². The van der Waals surface area contributed by atoms with E-state index in [2.05, 4.69) is 10.6 Å². The van der Waals surface area contributed by atoms with Gasteiger partial charge in [-0.3, -0.25) is 15.0 Å². The SMILES string of the molecule is COc1ccccc1CN(C)C(C)C(=O)NC(=O)NC12CC3CC(CC(C3)C1)C2. The van der Waals surface area contributed by atoms with E-state index in [-0.39, 0.29) is 17.5 Å². The standard InChI is InChI=1S/C23H33N3O3/c1-15(26(2)14-19-6-4-5-7-20(19)29-3)21(27)24-22(28)25-23-11-16-8-17(12-23)10-18(9-16)13-23/h4-7,15-18H,8-14H2,1-3H3,(H2,24,25,27,28). The largest absolute Gasteiger partial charge is 0.496 e. The first-order chi connectivity index (χ1) is 13.9. The van der Waals surface area contributed by atoms with Gasteiger partial charge >= 0.3 is 6.03 Å². The van der Waals surface area contributed by atoms with E-state index in [4.69, 9.17) is 4.74 Å². The Balaban J connectivity index is 1.32. The monoisotopic (exact) mass is 399 g/mol. The number of likely N-dealkylation sites (N-methyl/N-ethyl adjacent to an activating group) is 1. The Hall–Kier alpha value is -2.08. The number of rotatable bonds is 6. The summed E-state index contributed by atoms with van der Waals surface area (Å²) < 4.78 is 5.39. The molecule has 4 bridgehead atoms. The normalized spacial score (nSPS) is 30.8. The first-order valence-corrected chi connectivity index (χ1v) is 10.8. The lowest BCUT2D eigenvalue weighted by atomic mass is 9.53. The number of carbonyl (C=O) groups is 2. The topological polar surface area (TPSA) is 70.7 Å². The van der Waals surface area contributed by atoms with Gasteiger partial charge in [0.15, 0.2) is 0 Å². The fraction of sp³-hybridized carbons (Fsp3) is 0.652. The Morgan fingerprint density at radius 2 is 1.72 bits per heavy atom. The van der Waals surface area contributed by atoms with Crippen LogP contribution in [0.1, 0.15) is 51.0 Å². The molecule has 6 nitrogen and oxygen atoms in total. The summed E-state index contributed by atoms with van der Waals surface area (Å²) in [6, 6.07) is 7.01. The highest BCUT2D eigenvalue weighted by Gasteiger charge is 2.51. The van der Waals surface area contributed by atoms with Crippen molar-refractivity contribution in [3.63, 3.8) is 0 Å². The molecule has 4 saturated carbocycles. The Morgan fingerprint density at radius 3 is 2.31 bits per heavy atom. The van der Waals surface area contributed by atoms with Gasteiger partial charge in [0.05, 0.1) is 13.2 Å². The predicted octanol–water partition coefficient (Wildman–Crippen LogP) is 3.31. The summed E-state index contributed by atoms with van der Waals surface area (Å²) in [7, 11) is 3.53. The first-order valence-electron chi connectivity index (χ1n) is 10.8. The second kappa shape index (κ2) is 7.98. The minimum Gasteiger partial charge on any atom is -0.496 e. The second-order valence-corrected chi connectivity index (χ2v) is 9.54. The number of urea groups is 1. The molecular weight excluding hydrogens is 366 g/mol. The molecule has 1 aromatic carbocycles. The van der Waals surface area contributed by atoms with E-state index in [0.29, 0.717) is 6.54 Å². The van der Waals surface area contributed by atoms with Gasteiger partial charge in [0, 0.05) is 17.6 Å². The average Bonchev–Trinajstić information content (AvgIpc) is 2.66. The van der Waals surface area contributed by atoms with E-state index < -0.39 is 6.04 Å². The van der Waals surface area contributed by atoms with E-state index in [1.54, 1.807) is 7.11 Å². The van der Waals surface area contributed by atoms with E-state index in [0.717, 1.165) is 48.3 Å². The minimum absolute atomic E-state index is 0.0916. The molecule has 0 saturated heterocycles. The Labute approximate surface area is 173 Å². The van der Waals surface area contributed by atoms with Crippen LogP contribution in [0.3, 0.4) is 0 Å². The van der Waals surface area contributed by atoms with Crippen LogP contribution in [0.2, 0.25) is 0 Å². The third-order valence-corrected chi connectivity index (χ3v) is 7.31. The zero-order valence-corrected chi connectivity index (χ0v) is 17.7. The van der Waals surface area contributed by atoms with Crippen LogP contribution < -0.4 is 15.4 Å². The van der Waals surface area contributed by atoms with Crippen LogP contribution in [-0.2, 0) is 11.3 Å². The first kappa shape index (κ1) is 20.2. The number of imide groups is 1. The van der Waals surface area contributed by atoms with Crippen LogP contribution in [0.4, 0.5) is 4.79 Å². The van der Waals surface area contributed by atoms with Gasteiger partial charge in [0.2, 0.25) is 5.91 Å². The molecule has 6 heteroatoms. The van der Waals surface area contributed by atoms with Crippen molar-refractivity contribution >= 4 is 11.9 Å². The van der Waals surface area contributed by atoms with Crippen LogP contribution in [0.5, 0.6) is 5.75 Å². The smallest absolute Gasteiger partial charge is 0.321 e. The zero-order valence-electron chi connectivity index (χ0n) is 17.7. The Morgan fingerprint density at radius 1 is 1.14 bits per heavy atom. The van der Waals surface area contributed by atoms with Crippen molar-refractivity contribution in [2.45, 2.75) is 63.6 Å². The number of methoxy groups -OCH3 is 1. The Kier molecular flexibility index (Phi) is 5.56. The lowest BCUT2D eigenvalue weighted by Crippen LogP contribution is -2.62. The number of hydrogen-bond donors (Lipinski definition) is 2. The Bertz CT molecular complexity index is 743. The highest BCUT2D eigenvalue weighted by molar-refractivity contribution is 5.97. The molecule has 0 heterocycles. The zero-order chi connectivity index (χ0) is 20.6. The molecule has 158 valence electrons. The molecule has 3 amide bonds. The maximum absolute atomic E-state index is 12.7. The van der Waals surface area contributed by atoms with Crippen LogP contribution >= 0.6 is 0 Å². The summed E-state index contributed by atoms with van der Waals surface area (Å²) in [6.45, 7) is 2.39. The molecule has 0 spiro atoms. The summed E-state index contributed by atoms with van der Waals surface area (Å²) in [5, 5.41) is 5.80. The number of carbonyl (C=O) groups excluding carboxylic acids is 2. The number of benzene rings is 1. The van der Waals surface area contributed by atoms with Gasteiger partial charge in [-0.1, -0.05) is 18.2 Å². The fourth-order valence-electron chi connectivity index (χ4n) is 6.19. The number of nitrogens with zero attached hydrogens (tertiary/aromatic N) is 1. The minimum atomic E-state index is -0.429. The average molecular weight is 400 g/mol. The van der Waals surface area contributed by atoms with Gasteiger partial charge in [-0.05, 0) is 76.3 Å². The summed E-state index contributed by atoms with van der Waals surface area (Å²) in [6.07, 6.45) is 7.20. The van der Waals surface area contributed by atoms with Gasteiger partial charge in [-0.15, -0.1) is 0 Å². The number of hydrogen-bond acceptors (Lipinski definition) is 4. The van der Waals surface area contributed by atoms with Crippen molar-refractivity contribution in [3.05, 3.63) is 29.8 Å². The lowest BCUT2D eigenvalue weighted by Gasteiger charge is -2.56. The molecule has 4 aliphatic rings. The second-order valence-electron chi connectivity index (χ2n) is 9.54. The van der Waals surface area contributed by atoms with Crippen molar-refractivity contribution in [3.8, 4) is 5.75 Å². The third-order valence-electron chi connectivity index (χ3n) is 7.31. The lowest BCUT2D eigenvalue weighted by molar-refractivity contribution is -0.124. The molecular formula is C23H33N3O3. The van der Waals surface area contributed by atoms with Gasteiger partial charge in [-0.2, -0.15) is 0 Å². The summed E-state index contributed by atoms with van der Waals surface area (Å²) in [4.78, 5) is 27.2. The highest BCUT2D eigenvalue weighted by Crippen LogP contribution is 2.55. The van der Waals surface area contributed by atoms with Gasteiger partial charge in [-0.25, -0.2) is 4.79 Å². The van der Waals surface area contributed by atoms with Crippen molar-refractivity contribution in [2.24, 2.45) is 17.8 Å². The predicted molar refractivity (Wildman–Crippen MR) is 112 cm³/mol. The molecule has 29 heavy (non-hydrogen) atoms. The summed E-state index contributed by atoms with van der Waals surface area (Å²) in [5.41, 5.74) is 0.918. The highest BCUT2D eigenvalue weighted by atomic mass is 16.5. The molecule has 2 N–H and O–H groups in total. The van der Waals surface area contributed by atoms with Gasteiger partial charge < -0.3 is 10.1 Å². The molecule has 5 rings (SSSR count). The molecule has 1 unspecified atom stereocenters. The molecule has 4 fully saturated rings. The van der Waals surface area contributed by atoms with Crippen molar-refractivity contribution < 1.29 is 14.3 Å². The molecule has 0 aromatic heterocycles. The van der Waals surface area contributed by atoms with Crippen molar-refractivity contribution in [1.29, 1.82) is 0 Å².